The fourth-order valence-electron chi connectivity index (χ4n) is 3.04. The lowest BCUT2D eigenvalue weighted by molar-refractivity contribution is -0.146. The Hall–Kier alpha value is -1.97. The molecule has 1 N–H and O–H groups in total. The van der Waals surface area contributed by atoms with Crippen LogP contribution in [0.2, 0.25) is 0 Å². The van der Waals surface area contributed by atoms with Gasteiger partial charge >= 0.3 is 5.97 Å². The first-order valence-corrected chi connectivity index (χ1v) is 6.43. The average molecular weight is 260 g/mol. The van der Waals surface area contributed by atoms with E-state index in [0.29, 0.717) is 12.4 Å². The van der Waals surface area contributed by atoms with Gasteiger partial charge in [0.1, 0.15) is 18.1 Å². The summed E-state index contributed by atoms with van der Waals surface area (Å²) in [6.07, 6.45) is 3.82. The molecule has 0 saturated carbocycles. The fraction of sp³-hybridized carbons (Fsp3) is 0.400. The van der Waals surface area contributed by atoms with Crippen molar-refractivity contribution in [2.75, 3.05) is 13.7 Å². The standard InChI is InChI=1S/C15H16O4/c1-18-15(17)12-4-2-3-9-8-19-13-7-10(16)5-6-11(13)14(9)12/h3,5-7,12,14,16H,2,4,8H2,1H3. The minimum absolute atomic E-state index is 0.0190. The van der Waals surface area contributed by atoms with E-state index in [0.717, 1.165) is 24.0 Å². The van der Waals surface area contributed by atoms with Gasteiger partial charge in [-0.2, -0.15) is 0 Å². The number of methoxy groups -OCH3 is 1. The molecule has 1 aliphatic carbocycles. The number of ether oxygens (including phenoxy) is 2. The lowest BCUT2D eigenvalue weighted by Crippen LogP contribution is -2.32. The van der Waals surface area contributed by atoms with E-state index in [1.54, 1.807) is 12.1 Å². The van der Waals surface area contributed by atoms with E-state index < -0.39 is 0 Å². The van der Waals surface area contributed by atoms with Gasteiger partial charge in [0.05, 0.1) is 13.0 Å². The molecule has 3 rings (SSSR count). The Kier molecular flexibility index (Phi) is 2.93. The third-order valence-electron chi connectivity index (χ3n) is 3.92. The second kappa shape index (κ2) is 4.61. The second-order valence-electron chi connectivity index (χ2n) is 4.97. The van der Waals surface area contributed by atoms with Crippen LogP contribution in [-0.2, 0) is 9.53 Å². The largest absolute Gasteiger partial charge is 0.508 e. The molecule has 1 heterocycles. The van der Waals surface area contributed by atoms with E-state index in [4.69, 9.17) is 9.47 Å². The number of allylic oxidation sites excluding steroid dienone is 1. The topological polar surface area (TPSA) is 55.8 Å². The van der Waals surface area contributed by atoms with Crippen LogP contribution in [0.1, 0.15) is 24.3 Å². The molecule has 0 spiro atoms. The van der Waals surface area contributed by atoms with Gasteiger partial charge in [-0.3, -0.25) is 4.79 Å². The van der Waals surface area contributed by atoms with Crippen molar-refractivity contribution in [1.29, 1.82) is 0 Å². The molecule has 19 heavy (non-hydrogen) atoms. The van der Waals surface area contributed by atoms with Crippen molar-refractivity contribution in [3.63, 3.8) is 0 Å². The lowest BCUT2D eigenvalue weighted by atomic mass is 9.73. The Balaban J connectivity index is 2.06. The van der Waals surface area contributed by atoms with Gasteiger partial charge in [0.2, 0.25) is 0 Å². The summed E-state index contributed by atoms with van der Waals surface area (Å²) in [5.74, 6) is 0.536. The summed E-state index contributed by atoms with van der Waals surface area (Å²) in [6.45, 7) is 0.481. The Morgan fingerprint density at radius 2 is 2.32 bits per heavy atom. The number of carbonyl (C=O) groups excluding carboxylic acids is 1. The molecule has 2 aliphatic rings. The highest BCUT2D eigenvalue weighted by atomic mass is 16.5. The van der Waals surface area contributed by atoms with Crippen molar-refractivity contribution in [3.05, 3.63) is 35.4 Å². The highest BCUT2D eigenvalue weighted by Gasteiger charge is 2.39. The molecule has 4 nitrogen and oxygen atoms in total. The zero-order valence-corrected chi connectivity index (χ0v) is 10.8. The minimum Gasteiger partial charge on any atom is -0.508 e. The summed E-state index contributed by atoms with van der Waals surface area (Å²) in [5, 5.41) is 9.52. The summed E-state index contributed by atoms with van der Waals surface area (Å²) in [5.41, 5.74) is 2.10. The van der Waals surface area contributed by atoms with Crippen molar-refractivity contribution in [1.82, 2.24) is 0 Å². The third kappa shape index (κ3) is 1.97. The maximum atomic E-state index is 12.0. The van der Waals surface area contributed by atoms with Crippen LogP contribution in [0.25, 0.3) is 0 Å². The Labute approximate surface area is 111 Å². The summed E-state index contributed by atoms with van der Waals surface area (Å²) in [7, 11) is 1.43. The number of aromatic hydroxyl groups is 1. The first-order valence-electron chi connectivity index (χ1n) is 6.43. The molecule has 1 aliphatic heterocycles. The zero-order valence-electron chi connectivity index (χ0n) is 10.8. The third-order valence-corrected chi connectivity index (χ3v) is 3.92. The summed E-state index contributed by atoms with van der Waals surface area (Å²) in [4.78, 5) is 12.0. The predicted octanol–water partition coefficient (Wildman–Crippen LogP) is 2.38. The highest BCUT2D eigenvalue weighted by Crippen LogP contribution is 2.46. The quantitative estimate of drug-likeness (QED) is 0.622. The van der Waals surface area contributed by atoms with E-state index in [1.807, 2.05) is 6.07 Å². The molecule has 1 aromatic rings. The van der Waals surface area contributed by atoms with Crippen LogP contribution in [0.15, 0.2) is 29.8 Å². The van der Waals surface area contributed by atoms with Crippen LogP contribution in [0.4, 0.5) is 0 Å². The molecular weight excluding hydrogens is 244 g/mol. The Bertz CT molecular complexity index is 547. The molecule has 2 unspecified atom stereocenters. The maximum Gasteiger partial charge on any atom is 0.309 e. The van der Waals surface area contributed by atoms with E-state index in [-0.39, 0.29) is 23.6 Å². The van der Waals surface area contributed by atoms with Crippen LogP contribution in [0.5, 0.6) is 11.5 Å². The molecular formula is C15H16O4. The second-order valence-corrected chi connectivity index (χ2v) is 4.97. The minimum atomic E-state index is -0.170. The van der Waals surface area contributed by atoms with Gasteiger partial charge in [0.25, 0.3) is 0 Å². The zero-order chi connectivity index (χ0) is 13.4. The van der Waals surface area contributed by atoms with Crippen LogP contribution in [0.3, 0.4) is 0 Å². The van der Waals surface area contributed by atoms with Gasteiger partial charge in [-0.15, -0.1) is 0 Å². The van der Waals surface area contributed by atoms with E-state index in [1.165, 1.54) is 7.11 Å². The molecule has 0 fully saturated rings. The number of hydrogen-bond donors (Lipinski definition) is 1. The molecule has 0 amide bonds. The van der Waals surface area contributed by atoms with Crippen molar-refractivity contribution < 1.29 is 19.4 Å². The van der Waals surface area contributed by atoms with Gasteiger partial charge in [-0.05, 0) is 24.5 Å². The number of rotatable bonds is 1. The monoisotopic (exact) mass is 260 g/mol. The van der Waals surface area contributed by atoms with Crippen molar-refractivity contribution in [2.45, 2.75) is 18.8 Å². The molecule has 100 valence electrons. The van der Waals surface area contributed by atoms with Crippen LogP contribution in [0, 0.1) is 5.92 Å². The van der Waals surface area contributed by atoms with Gasteiger partial charge in [-0.1, -0.05) is 12.1 Å². The summed E-state index contributed by atoms with van der Waals surface area (Å²) < 4.78 is 10.6. The van der Waals surface area contributed by atoms with Crippen molar-refractivity contribution >= 4 is 5.97 Å². The smallest absolute Gasteiger partial charge is 0.309 e. The number of esters is 1. The van der Waals surface area contributed by atoms with Gasteiger partial charge < -0.3 is 14.6 Å². The molecule has 0 saturated heterocycles. The van der Waals surface area contributed by atoms with E-state index in [2.05, 4.69) is 6.08 Å². The number of benzene rings is 1. The number of phenols is 1. The summed E-state index contributed by atoms with van der Waals surface area (Å²) >= 11 is 0. The molecule has 4 heteroatoms. The first-order chi connectivity index (χ1) is 9.20. The number of hydrogen-bond acceptors (Lipinski definition) is 4. The van der Waals surface area contributed by atoms with Crippen molar-refractivity contribution in [3.8, 4) is 11.5 Å². The van der Waals surface area contributed by atoms with Gasteiger partial charge in [0.15, 0.2) is 0 Å². The molecule has 1 aromatic carbocycles. The summed E-state index contributed by atoms with van der Waals surface area (Å²) in [6, 6.07) is 5.08. The van der Waals surface area contributed by atoms with Gasteiger partial charge in [0, 0.05) is 17.5 Å². The molecule has 2 atom stereocenters. The molecule has 0 bridgehead atoms. The predicted molar refractivity (Wildman–Crippen MR) is 69.2 cm³/mol. The van der Waals surface area contributed by atoms with Crippen LogP contribution >= 0.6 is 0 Å². The normalized spacial score (nSPS) is 24.6. The first kappa shape index (κ1) is 12.1. The Morgan fingerprint density at radius 1 is 1.47 bits per heavy atom. The number of phenolic OH excluding ortho intramolecular Hbond substituents is 1. The number of carbonyl (C=O) groups is 1. The molecule has 0 aromatic heterocycles. The highest BCUT2D eigenvalue weighted by molar-refractivity contribution is 5.75. The Morgan fingerprint density at radius 3 is 3.11 bits per heavy atom. The lowest BCUT2D eigenvalue weighted by Gasteiger charge is -2.35. The fourth-order valence-corrected chi connectivity index (χ4v) is 3.04. The van der Waals surface area contributed by atoms with E-state index >= 15 is 0 Å². The maximum absolute atomic E-state index is 12.0. The van der Waals surface area contributed by atoms with Crippen LogP contribution < -0.4 is 4.74 Å². The van der Waals surface area contributed by atoms with Crippen LogP contribution in [-0.4, -0.2) is 24.8 Å². The van der Waals surface area contributed by atoms with Crippen molar-refractivity contribution in [2.24, 2.45) is 5.92 Å². The molecule has 0 radical (unpaired) electrons. The number of fused-ring (bicyclic) bond motifs is 3. The average Bonchev–Trinajstić information content (AvgIpc) is 2.45. The van der Waals surface area contributed by atoms with E-state index in [9.17, 15) is 9.90 Å². The van der Waals surface area contributed by atoms with Gasteiger partial charge in [-0.25, -0.2) is 0 Å². The SMILES string of the molecule is COC(=O)C1CCC=C2COc3cc(O)ccc3C21.